The SMILES string of the molecule is C[C@H]1NCCc2c1nnn2Cc1ccccc1C(F)F. The van der Waals surface area contributed by atoms with Crippen LogP contribution in [0, 0.1) is 0 Å². The fourth-order valence-corrected chi connectivity index (χ4v) is 2.62. The fraction of sp³-hybridized carbons (Fsp3) is 0.429. The average Bonchev–Trinajstić information content (AvgIpc) is 2.84. The Hall–Kier alpha value is -1.82. The molecule has 0 amide bonds. The van der Waals surface area contributed by atoms with Crippen molar-refractivity contribution in [2.75, 3.05) is 6.54 Å². The molecule has 0 spiro atoms. The van der Waals surface area contributed by atoms with Gasteiger partial charge in [0.25, 0.3) is 6.43 Å². The first-order valence-electron chi connectivity index (χ1n) is 6.68. The second-order valence-corrected chi connectivity index (χ2v) is 5.00. The van der Waals surface area contributed by atoms with Crippen molar-refractivity contribution < 1.29 is 8.78 Å². The minimum Gasteiger partial charge on any atom is -0.308 e. The van der Waals surface area contributed by atoms with Crippen molar-refractivity contribution >= 4 is 0 Å². The summed E-state index contributed by atoms with van der Waals surface area (Å²) in [5.74, 6) is 0. The van der Waals surface area contributed by atoms with Gasteiger partial charge in [0, 0.05) is 18.5 Å². The zero-order valence-electron chi connectivity index (χ0n) is 11.2. The standard InChI is InChI=1S/C14H16F2N4/c1-9-13-12(6-7-17-9)20(19-18-13)8-10-4-2-3-5-11(10)14(15)16/h2-5,9,14,17H,6-8H2,1H3/t9-/m1/s1. The number of halogens is 2. The van der Waals surface area contributed by atoms with E-state index in [0.717, 1.165) is 24.4 Å². The quantitative estimate of drug-likeness (QED) is 0.938. The maximum absolute atomic E-state index is 13.0. The smallest absolute Gasteiger partial charge is 0.264 e. The highest BCUT2D eigenvalue weighted by Gasteiger charge is 2.23. The van der Waals surface area contributed by atoms with Crippen LogP contribution in [-0.2, 0) is 13.0 Å². The Morgan fingerprint density at radius 1 is 1.40 bits per heavy atom. The van der Waals surface area contributed by atoms with Crippen LogP contribution in [0.1, 0.15) is 41.9 Å². The Labute approximate surface area is 115 Å². The highest BCUT2D eigenvalue weighted by atomic mass is 19.3. The minimum absolute atomic E-state index is 0.0683. The van der Waals surface area contributed by atoms with Gasteiger partial charge >= 0.3 is 0 Å². The third-order valence-electron chi connectivity index (χ3n) is 3.70. The predicted molar refractivity (Wildman–Crippen MR) is 70.6 cm³/mol. The highest BCUT2D eigenvalue weighted by Crippen LogP contribution is 2.25. The molecule has 0 saturated carbocycles. The Kier molecular flexibility index (Phi) is 3.48. The van der Waals surface area contributed by atoms with Gasteiger partial charge in [-0.3, -0.25) is 0 Å². The van der Waals surface area contributed by atoms with Gasteiger partial charge in [0.15, 0.2) is 0 Å². The van der Waals surface area contributed by atoms with Gasteiger partial charge in [-0.25, -0.2) is 13.5 Å². The number of fused-ring (bicyclic) bond motifs is 1. The van der Waals surface area contributed by atoms with Crippen LogP contribution < -0.4 is 5.32 Å². The molecule has 1 N–H and O–H groups in total. The molecule has 1 atom stereocenters. The lowest BCUT2D eigenvalue weighted by molar-refractivity contribution is 0.150. The molecule has 2 heterocycles. The largest absolute Gasteiger partial charge is 0.308 e. The number of hydrogen-bond acceptors (Lipinski definition) is 3. The predicted octanol–water partition coefficient (Wildman–Crippen LogP) is 2.47. The number of nitrogens with zero attached hydrogens (tertiary/aromatic N) is 3. The molecule has 0 aliphatic carbocycles. The third-order valence-corrected chi connectivity index (χ3v) is 3.70. The summed E-state index contributed by atoms with van der Waals surface area (Å²) in [4.78, 5) is 0. The zero-order chi connectivity index (χ0) is 14.1. The van der Waals surface area contributed by atoms with Crippen molar-refractivity contribution in [2.45, 2.75) is 32.4 Å². The summed E-state index contributed by atoms with van der Waals surface area (Å²) in [5.41, 5.74) is 2.63. The third kappa shape index (κ3) is 2.31. The first-order chi connectivity index (χ1) is 9.66. The molecule has 1 aliphatic rings. The molecule has 1 aromatic heterocycles. The number of nitrogens with one attached hydrogen (secondary N) is 1. The van der Waals surface area contributed by atoms with E-state index in [1.807, 2.05) is 6.92 Å². The summed E-state index contributed by atoms with van der Waals surface area (Å²) in [6.45, 7) is 3.23. The molecular weight excluding hydrogens is 262 g/mol. The van der Waals surface area contributed by atoms with Gasteiger partial charge < -0.3 is 5.32 Å². The lowest BCUT2D eigenvalue weighted by Gasteiger charge is -2.19. The van der Waals surface area contributed by atoms with Crippen LogP contribution in [0.15, 0.2) is 24.3 Å². The van der Waals surface area contributed by atoms with E-state index in [-0.39, 0.29) is 11.6 Å². The lowest BCUT2D eigenvalue weighted by atomic mass is 10.1. The van der Waals surface area contributed by atoms with Crippen molar-refractivity contribution in [3.63, 3.8) is 0 Å². The zero-order valence-corrected chi connectivity index (χ0v) is 11.2. The monoisotopic (exact) mass is 278 g/mol. The Morgan fingerprint density at radius 2 is 2.20 bits per heavy atom. The van der Waals surface area contributed by atoms with Crippen LogP contribution in [0.2, 0.25) is 0 Å². The highest BCUT2D eigenvalue weighted by molar-refractivity contribution is 5.29. The molecular formula is C14H16F2N4. The van der Waals surface area contributed by atoms with Gasteiger partial charge in [-0.2, -0.15) is 0 Å². The number of hydrogen-bond donors (Lipinski definition) is 1. The van der Waals surface area contributed by atoms with E-state index in [4.69, 9.17) is 0 Å². The first-order valence-corrected chi connectivity index (χ1v) is 6.68. The van der Waals surface area contributed by atoms with Crippen molar-refractivity contribution in [3.05, 3.63) is 46.8 Å². The van der Waals surface area contributed by atoms with Crippen LogP contribution in [0.3, 0.4) is 0 Å². The number of rotatable bonds is 3. The Balaban J connectivity index is 1.93. The maximum Gasteiger partial charge on any atom is 0.264 e. The van der Waals surface area contributed by atoms with E-state index >= 15 is 0 Å². The molecule has 6 heteroatoms. The minimum atomic E-state index is -2.47. The van der Waals surface area contributed by atoms with Crippen LogP contribution in [0.25, 0.3) is 0 Å². The molecule has 106 valence electrons. The second kappa shape index (κ2) is 5.28. The van der Waals surface area contributed by atoms with E-state index in [9.17, 15) is 8.78 Å². The van der Waals surface area contributed by atoms with E-state index in [2.05, 4.69) is 15.6 Å². The number of benzene rings is 1. The summed E-state index contributed by atoms with van der Waals surface area (Å²) in [5, 5.41) is 11.6. The van der Waals surface area contributed by atoms with E-state index in [1.54, 1.807) is 22.9 Å². The summed E-state index contributed by atoms with van der Waals surface area (Å²) in [7, 11) is 0. The fourth-order valence-electron chi connectivity index (χ4n) is 2.62. The molecule has 1 aromatic carbocycles. The van der Waals surface area contributed by atoms with Gasteiger partial charge in [-0.1, -0.05) is 29.5 Å². The molecule has 2 aromatic rings. The summed E-state index contributed by atoms with van der Waals surface area (Å²) in [6.07, 6.45) is -1.64. The first kappa shape index (κ1) is 13.2. The molecule has 0 fully saturated rings. The molecule has 0 saturated heterocycles. The Morgan fingerprint density at radius 3 is 3.00 bits per heavy atom. The molecule has 20 heavy (non-hydrogen) atoms. The number of alkyl halides is 2. The van der Waals surface area contributed by atoms with Gasteiger partial charge in [-0.05, 0) is 12.5 Å². The van der Waals surface area contributed by atoms with Crippen molar-refractivity contribution in [1.82, 2.24) is 20.3 Å². The van der Waals surface area contributed by atoms with Crippen LogP contribution in [-0.4, -0.2) is 21.5 Å². The molecule has 1 aliphatic heterocycles. The molecule has 4 nitrogen and oxygen atoms in total. The van der Waals surface area contributed by atoms with Crippen molar-refractivity contribution in [1.29, 1.82) is 0 Å². The summed E-state index contributed by atoms with van der Waals surface area (Å²) < 4.78 is 27.7. The summed E-state index contributed by atoms with van der Waals surface area (Å²) >= 11 is 0. The van der Waals surface area contributed by atoms with E-state index < -0.39 is 6.43 Å². The summed E-state index contributed by atoms with van der Waals surface area (Å²) in [6, 6.07) is 6.76. The van der Waals surface area contributed by atoms with Crippen molar-refractivity contribution in [3.8, 4) is 0 Å². The second-order valence-electron chi connectivity index (χ2n) is 5.00. The molecule has 0 radical (unpaired) electrons. The molecule has 0 unspecified atom stereocenters. The van der Waals surface area contributed by atoms with Crippen LogP contribution in [0.4, 0.5) is 8.78 Å². The van der Waals surface area contributed by atoms with Crippen LogP contribution >= 0.6 is 0 Å². The average molecular weight is 278 g/mol. The van der Waals surface area contributed by atoms with Crippen LogP contribution in [0.5, 0.6) is 0 Å². The van der Waals surface area contributed by atoms with Gasteiger partial charge in [0.1, 0.15) is 5.69 Å². The van der Waals surface area contributed by atoms with E-state index in [0.29, 0.717) is 12.1 Å². The van der Waals surface area contributed by atoms with Gasteiger partial charge in [0.2, 0.25) is 0 Å². The van der Waals surface area contributed by atoms with Gasteiger partial charge in [-0.15, -0.1) is 5.10 Å². The van der Waals surface area contributed by atoms with Gasteiger partial charge in [0.05, 0.1) is 18.3 Å². The Bertz CT molecular complexity index is 609. The maximum atomic E-state index is 13.0. The van der Waals surface area contributed by atoms with E-state index in [1.165, 1.54) is 6.07 Å². The molecule has 3 rings (SSSR count). The number of aromatic nitrogens is 3. The lowest BCUT2D eigenvalue weighted by Crippen LogP contribution is -2.29. The normalized spacial score (nSPS) is 18.3. The van der Waals surface area contributed by atoms with Crippen molar-refractivity contribution in [2.24, 2.45) is 0 Å². The topological polar surface area (TPSA) is 42.7 Å². The molecule has 0 bridgehead atoms.